The third kappa shape index (κ3) is 4.94. The zero-order chi connectivity index (χ0) is 14.1. The number of carbonyl (C=O) groups excluding carboxylic acids is 1. The van der Waals surface area contributed by atoms with Crippen LogP contribution in [-0.4, -0.2) is 18.2 Å². The molecule has 0 saturated carbocycles. The van der Waals surface area contributed by atoms with Gasteiger partial charge in [0.25, 0.3) is 0 Å². The van der Waals surface area contributed by atoms with Crippen molar-refractivity contribution in [3.05, 3.63) is 73.9 Å². The minimum Gasteiger partial charge on any atom is -0.452 e. The van der Waals surface area contributed by atoms with Gasteiger partial charge in [0, 0.05) is 6.08 Å². The summed E-state index contributed by atoms with van der Waals surface area (Å²) in [6, 6.07) is 9.72. The smallest absolute Gasteiger partial charge is 0.330 e. The normalized spacial score (nSPS) is 13.1. The van der Waals surface area contributed by atoms with E-state index in [1.807, 2.05) is 30.3 Å². The summed E-state index contributed by atoms with van der Waals surface area (Å²) in [5.41, 5.74) is 1.03. The van der Waals surface area contributed by atoms with Crippen LogP contribution in [0.1, 0.15) is 5.56 Å². The van der Waals surface area contributed by atoms with Gasteiger partial charge in [0.15, 0.2) is 0 Å². The van der Waals surface area contributed by atoms with Gasteiger partial charge in [-0.2, -0.15) is 0 Å². The summed E-state index contributed by atoms with van der Waals surface area (Å²) in [6.45, 7) is 11.1. The molecule has 0 spiro atoms. The lowest BCUT2D eigenvalue weighted by molar-refractivity contribution is -0.146. The highest BCUT2D eigenvalue weighted by Crippen LogP contribution is 2.11. The summed E-state index contributed by atoms with van der Waals surface area (Å²) in [5.74, 6) is -0.514. The van der Waals surface area contributed by atoms with Crippen LogP contribution in [0.15, 0.2) is 68.3 Å². The van der Waals surface area contributed by atoms with Crippen LogP contribution < -0.4 is 0 Å². The van der Waals surface area contributed by atoms with E-state index in [0.717, 1.165) is 11.6 Å². The summed E-state index contributed by atoms with van der Waals surface area (Å²) in [4.78, 5) is 11.2. The Morgan fingerprint density at radius 1 is 1.11 bits per heavy atom. The highest BCUT2D eigenvalue weighted by Gasteiger charge is 2.19. The molecule has 0 saturated heterocycles. The highest BCUT2D eigenvalue weighted by atomic mass is 16.6. The van der Waals surface area contributed by atoms with Crippen molar-refractivity contribution in [2.75, 3.05) is 0 Å². The summed E-state index contributed by atoms with van der Waals surface area (Å²) < 4.78 is 10.8. The van der Waals surface area contributed by atoms with Gasteiger partial charge in [-0.25, -0.2) is 4.79 Å². The first-order chi connectivity index (χ1) is 9.21. The van der Waals surface area contributed by atoms with Crippen LogP contribution >= 0.6 is 0 Å². The molecule has 1 aromatic rings. The van der Waals surface area contributed by atoms with Crippen LogP contribution in [0.2, 0.25) is 0 Å². The molecule has 0 unspecified atom stereocenters. The minimum absolute atomic E-state index is 0.410. The third-order valence-corrected chi connectivity index (χ3v) is 2.49. The molecule has 0 fully saturated rings. The maximum Gasteiger partial charge on any atom is 0.330 e. The van der Waals surface area contributed by atoms with Gasteiger partial charge in [-0.3, -0.25) is 0 Å². The molecule has 0 aromatic heterocycles. The Morgan fingerprint density at radius 3 is 2.26 bits per heavy atom. The Labute approximate surface area is 113 Å². The monoisotopic (exact) mass is 258 g/mol. The van der Waals surface area contributed by atoms with Crippen molar-refractivity contribution in [1.82, 2.24) is 0 Å². The third-order valence-electron chi connectivity index (χ3n) is 2.49. The molecule has 3 nitrogen and oxygen atoms in total. The lowest BCUT2D eigenvalue weighted by Crippen LogP contribution is -2.29. The average Bonchev–Trinajstić information content (AvgIpc) is 2.47. The molecule has 1 aromatic carbocycles. The Kier molecular flexibility index (Phi) is 6.33. The van der Waals surface area contributed by atoms with Gasteiger partial charge >= 0.3 is 5.97 Å². The van der Waals surface area contributed by atoms with Gasteiger partial charge in [0.2, 0.25) is 0 Å². The summed E-state index contributed by atoms with van der Waals surface area (Å²) in [7, 11) is 0. The fourth-order valence-corrected chi connectivity index (χ4v) is 1.50. The van der Waals surface area contributed by atoms with E-state index in [-0.39, 0.29) is 0 Å². The van der Waals surface area contributed by atoms with Gasteiger partial charge in [0.05, 0.1) is 6.61 Å². The fourth-order valence-electron chi connectivity index (χ4n) is 1.50. The van der Waals surface area contributed by atoms with Gasteiger partial charge < -0.3 is 9.47 Å². The van der Waals surface area contributed by atoms with E-state index in [2.05, 4.69) is 19.7 Å². The molecule has 1 rings (SSSR count). The van der Waals surface area contributed by atoms with E-state index in [0.29, 0.717) is 6.61 Å². The van der Waals surface area contributed by atoms with Crippen molar-refractivity contribution < 1.29 is 14.3 Å². The lowest BCUT2D eigenvalue weighted by Gasteiger charge is -2.21. The van der Waals surface area contributed by atoms with E-state index in [9.17, 15) is 4.79 Å². The first-order valence-electron chi connectivity index (χ1n) is 5.95. The predicted molar refractivity (Wildman–Crippen MR) is 75.5 cm³/mol. The second-order valence-corrected chi connectivity index (χ2v) is 3.84. The molecule has 0 bridgehead atoms. The van der Waals surface area contributed by atoms with Crippen LogP contribution in [-0.2, 0) is 20.9 Å². The van der Waals surface area contributed by atoms with Crippen molar-refractivity contribution in [1.29, 1.82) is 0 Å². The van der Waals surface area contributed by atoms with Crippen LogP contribution in [0.5, 0.6) is 0 Å². The maximum absolute atomic E-state index is 11.2. The van der Waals surface area contributed by atoms with E-state index < -0.39 is 18.2 Å². The Balaban J connectivity index is 2.60. The van der Waals surface area contributed by atoms with Gasteiger partial charge in [-0.15, -0.1) is 6.58 Å². The first kappa shape index (κ1) is 14.9. The summed E-state index contributed by atoms with van der Waals surface area (Å²) in [6.07, 6.45) is 3.19. The molecule has 0 heterocycles. The number of benzene rings is 1. The van der Waals surface area contributed by atoms with Gasteiger partial charge in [-0.1, -0.05) is 49.6 Å². The lowest BCUT2D eigenvalue weighted by atomic mass is 10.2. The molecule has 0 aliphatic rings. The topological polar surface area (TPSA) is 35.5 Å². The Bertz CT molecular complexity index is 437. The molecule has 2 atom stereocenters. The second kappa shape index (κ2) is 8.06. The number of esters is 1. The standard InChI is InChI=1S/C16H18O3/c1-4-14(15(5-2)19-16(17)6-3)18-12-13-10-8-7-9-11-13/h4-11,14-15H,1-3,12H2/t14-,15-/m1/s1. The van der Waals surface area contributed by atoms with E-state index >= 15 is 0 Å². The van der Waals surface area contributed by atoms with Crippen molar-refractivity contribution in [3.63, 3.8) is 0 Å². The number of ether oxygens (including phenoxy) is 2. The zero-order valence-corrected chi connectivity index (χ0v) is 10.8. The summed E-state index contributed by atoms with van der Waals surface area (Å²) >= 11 is 0. The molecular weight excluding hydrogens is 240 g/mol. The average molecular weight is 258 g/mol. The van der Waals surface area contributed by atoms with E-state index in [4.69, 9.17) is 9.47 Å². The Hall–Kier alpha value is -2.13. The molecule has 19 heavy (non-hydrogen) atoms. The van der Waals surface area contributed by atoms with Crippen LogP contribution in [0.25, 0.3) is 0 Å². The number of rotatable bonds is 8. The fraction of sp³-hybridized carbons (Fsp3) is 0.188. The SMILES string of the molecule is C=CC(=O)O[C@H](C=C)[C@@H](C=C)OCc1ccccc1. The van der Waals surface area contributed by atoms with Crippen LogP contribution in [0, 0.1) is 0 Å². The molecule has 0 aliphatic heterocycles. The van der Waals surface area contributed by atoms with Crippen molar-refractivity contribution in [2.45, 2.75) is 18.8 Å². The van der Waals surface area contributed by atoms with Crippen LogP contribution in [0.3, 0.4) is 0 Å². The molecule has 100 valence electrons. The van der Waals surface area contributed by atoms with Gasteiger partial charge in [0.1, 0.15) is 12.2 Å². The number of hydrogen-bond donors (Lipinski definition) is 0. The summed E-state index contributed by atoms with van der Waals surface area (Å²) in [5, 5.41) is 0. The number of carbonyl (C=O) groups is 1. The van der Waals surface area contributed by atoms with E-state index in [1.54, 1.807) is 6.08 Å². The molecule has 3 heteroatoms. The molecule has 0 aliphatic carbocycles. The molecule has 0 N–H and O–H groups in total. The first-order valence-corrected chi connectivity index (χ1v) is 5.95. The van der Waals surface area contributed by atoms with Crippen molar-refractivity contribution >= 4 is 5.97 Å². The van der Waals surface area contributed by atoms with Crippen LogP contribution in [0.4, 0.5) is 0 Å². The van der Waals surface area contributed by atoms with E-state index in [1.165, 1.54) is 6.08 Å². The Morgan fingerprint density at radius 2 is 1.74 bits per heavy atom. The van der Waals surface area contributed by atoms with Gasteiger partial charge in [-0.05, 0) is 11.6 Å². The maximum atomic E-state index is 11.2. The largest absolute Gasteiger partial charge is 0.452 e. The highest BCUT2D eigenvalue weighted by molar-refractivity contribution is 5.81. The minimum atomic E-state index is -0.577. The molecule has 0 radical (unpaired) electrons. The zero-order valence-electron chi connectivity index (χ0n) is 10.8. The second-order valence-electron chi connectivity index (χ2n) is 3.84. The van der Waals surface area contributed by atoms with Crippen molar-refractivity contribution in [2.24, 2.45) is 0 Å². The molecule has 0 amide bonds. The molecular formula is C16H18O3. The quantitative estimate of drug-likeness (QED) is 0.408. The predicted octanol–water partition coefficient (Wildman–Crippen LogP) is 3.04. The van der Waals surface area contributed by atoms with Crippen molar-refractivity contribution in [3.8, 4) is 0 Å². The number of hydrogen-bond acceptors (Lipinski definition) is 3.